The fraction of sp³-hybridized carbons (Fsp3) is 0.222. The molecule has 0 fully saturated rings. The van der Waals surface area contributed by atoms with Crippen LogP contribution >= 0.6 is 0 Å². The fourth-order valence-corrected chi connectivity index (χ4v) is 1.01. The molecule has 1 amide bonds. The maximum atomic E-state index is 13.1. The number of nitrogens with zero attached hydrogens (tertiary/aromatic N) is 1. The number of hydrogen-bond donors (Lipinski definition) is 1. The van der Waals surface area contributed by atoms with E-state index in [9.17, 15) is 23.7 Å². The Morgan fingerprint density at radius 1 is 1.44 bits per heavy atom. The summed E-state index contributed by atoms with van der Waals surface area (Å²) in [6, 6.07) is 1.02. The third-order valence-electron chi connectivity index (χ3n) is 1.83. The van der Waals surface area contributed by atoms with E-state index in [-0.39, 0.29) is 6.42 Å². The van der Waals surface area contributed by atoms with Gasteiger partial charge in [-0.1, -0.05) is 6.92 Å². The fourth-order valence-electron chi connectivity index (χ4n) is 1.01. The van der Waals surface area contributed by atoms with Crippen LogP contribution in [0.4, 0.5) is 20.2 Å². The zero-order chi connectivity index (χ0) is 12.3. The Bertz CT molecular complexity index is 449. The number of nitrogens with one attached hydrogen (secondary N) is 1. The third-order valence-corrected chi connectivity index (χ3v) is 1.83. The number of amides is 1. The minimum Gasteiger partial charge on any atom is -0.323 e. The van der Waals surface area contributed by atoms with Crippen LogP contribution in [0.15, 0.2) is 12.1 Å². The quantitative estimate of drug-likeness (QED) is 0.639. The molecule has 0 atom stereocenters. The summed E-state index contributed by atoms with van der Waals surface area (Å²) in [6.07, 6.45) is 0.0879. The Morgan fingerprint density at radius 2 is 2.06 bits per heavy atom. The number of halogens is 2. The van der Waals surface area contributed by atoms with Gasteiger partial charge in [-0.15, -0.1) is 0 Å². The van der Waals surface area contributed by atoms with Gasteiger partial charge >= 0.3 is 5.69 Å². The lowest BCUT2D eigenvalue weighted by molar-refractivity contribution is -0.387. The Balaban J connectivity index is 3.14. The molecule has 0 saturated heterocycles. The van der Waals surface area contributed by atoms with Gasteiger partial charge in [0.2, 0.25) is 11.7 Å². The average molecular weight is 230 g/mol. The lowest BCUT2D eigenvalue weighted by Crippen LogP contribution is -2.11. The summed E-state index contributed by atoms with van der Waals surface area (Å²) in [4.78, 5) is 20.3. The number of hydrogen-bond acceptors (Lipinski definition) is 3. The highest BCUT2D eigenvalue weighted by atomic mass is 19.1. The monoisotopic (exact) mass is 230 g/mol. The van der Waals surface area contributed by atoms with Crippen LogP contribution in [0, 0.1) is 21.7 Å². The minimum atomic E-state index is -1.28. The summed E-state index contributed by atoms with van der Waals surface area (Å²) in [5.74, 6) is -2.85. The Kier molecular flexibility index (Phi) is 3.49. The second-order valence-electron chi connectivity index (χ2n) is 2.94. The van der Waals surface area contributed by atoms with Crippen molar-refractivity contribution in [1.82, 2.24) is 0 Å². The molecule has 0 aliphatic carbocycles. The highest BCUT2D eigenvalue weighted by Crippen LogP contribution is 2.25. The lowest BCUT2D eigenvalue weighted by atomic mass is 10.2. The van der Waals surface area contributed by atoms with Crippen LogP contribution in [0.1, 0.15) is 13.3 Å². The second-order valence-corrected chi connectivity index (χ2v) is 2.94. The van der Waals surface area contributed by atoms with E-state index in [0.29, 0.717) is 12.1 Å². The number of benzene rings is 1. The predicted molar refractivity (Wildman–Crippen MR) is 51.9 cm³/mol. The molecule has 1 N–H and O–H groups in total. The van der Waals surface area contributed by atoms with Crippen molar-refractivity contribution in [2.24, 2.45) is 0 Å². The molecular formula is C9H8F2N2O3. The lowest BCUT2D eigenvalue weighted by Gasteiger charge is -2.05. The summed E-state index contributed by atoms with van der Waals surface area (Å²) in [6.45, 7) is 1.53. The molecule has 7 heteroatoms. The molecule has 0 saturated carbocycles. The topological polar surface area (TPSA) is 72.2 Å². The van der Waals surface area contributed by atoms with Gasteiger partial charge in [0.15, 0.2) is 0 Å². The second kappa shape index (κ2) is 4.65. The van der Waals surface area contributed by atoms with Gasteiger partial charge in [0.25, 0.3) is 0 Å². The van der Waals surface area contributed by atoms with Crippen molar-refractivity contribution in [1.29, 1.82) is 0 Å². The Hall–Kier alpha value is -2.05. The first kappa shape index (κ1) is 12.0. The van der Waals surface area contributed by atoms with Crippen LogP contribution in [0.3, 0.4) is 0 Å². The van der Waals surface area contributed by atoms with Gasteiger partial charge in [-0.2, -0.15) is 4.39 Å². The molecule has 5 nitrogen and oxygen atoms in total. The first-order valence-electron chi connectivity index (χ1n) is 4.39. The molecule has 0 bridgehead atoms. The molecule has 0 spiro atoms. The molecule has 1 aromatic rings. The minimum absolute atomic E-state index is 0.0879. The summed E-state index contributed by atoms with van der Waals surface area (Å²) >= 11 is 0. The van der Waals surface area contributed by atoms with Crippen molar-refractivity contribution in [3.05, 3.63) is 33.9 Å². The van der Waals surface area contributed by atoms with Crippen LogP contribution < -0.4 is 5.32 Å². The molecule has 0 radical (unpaired) electrons. The molecule has 0 unspecified atom stereocenters. The number of rotatable bonds is 3. The van der Waals surface area contributed by atoms with Gasteiger partial charge in [-0.25, -0.2) is 4.39 Å². The molecular weight excluding hydrogens is 222 g/mol. The first-order chi connectivity index (χ1) is 7.45. The maximum absolute atomic E-state index is 13.1. The number of anilines is 1. The maximum Gasteiger partial charge on any atom is 0.307 e. The summed E-state index contributed by atoms with van der Waals surface area (Å²) in [5.41, 5.74) is -1.28. The van der Waals surface area contributed by atoms with Crippen molar-refractivity contribution < 1.29 is 18.5 Å². The summed E-state index contributed by atoms with van der Waals surface area (Å²) < 4.78 is 26.0. The van der Waals surface area contributed by atoms with Crippen molar-refractivity contribution in [3.8, 4) is 0 Å². The van der Waals surface area contributed by atoms with Gasteiger partial charge in [0.05, 0.1) is 10.6 Å². The molecule has 0 heterocycles. The third kappa shape index (κ3) is 2.50. The van der Waals surface area contributed by atoms with Crippen LogP contribution in [0.5, 0.6) is 0 Å². The van der Waals surface area contributed by atoms with Crippen molar-refractivity contribution in [2.75, 3.05) is 5.32 Å². The van der Waals surface area contributed by atoms with Crippen LogP contribution in [-0.4, -0.2) is 10.8 Å². The molecule has 16 heavy (non-hydrogen) atoms. The molecule has 0 aromatic heterocycles. The predicted octanol–water partition coefficient (Wildman–Crippen LogP) is 2.22. The summed E-state index contributed by atoms with van der Waals surface area (Å²) in [7, 11) is 0. The van der Waals surface area contributed by atoms with Crippen LogP contribution in [0.25, 0.3) is 0 Å². The zero-order valence-electron chi connectivity index (χ0n) is 8.29. The number of nitro groups is 1. The standard InChI is InChI=1S/C9H8F2N2O3/c1-2-9(14)12-7-4-8(13(15)16)6(11)3-5(7)10/h3-4H,2H2,1H3,(H,12,14). The molecule has 86 valence electrons. The Morgan fingerprint density at radius 3 is 2.56 bits per heavy atom. The van der Waals surface area contributed by atoms with Gasteiger partial charge in [0.1, 0.15) is 5.82 Å². The molecule has 0 aliphatic rings. The molecule has 0 aliphatic heterocycles. The normalized spacial score (nSPS) is 9.94. The molecule has 1 aromatic carbocycles. The highest BCUT2D eigenvalue weighted by Gasteiger charge is 2.19. The summed E-state index contributed by atoms with van der Waals surface area (Å²) in [5, 5.41) is 12.5. The number of carbonyl (C=O) groups is 1. The van der Waals surface area contributed by atoms with E-state index in [1.165, 1.54) is 6.92 Å². The van der Waals surface area contributed by atoms with Crippen molar-refractivity contribution >= 4 is 17.3 Å². The van der Waals surface area contributed by atoms with E-state index >= 15 is 0 Å². The van der Waals surface area contributed by atoms with Gasteiger partial charge in [-0.3, -0.25) is 14.9 Å². The van der Waals surface area contributed by atoms with Gasteiger partial charge in [-0.05, 0) is 0 Å². The van der Waals surface area contributed by atoms with Crippen molar-refractivity contribution in [3.63, 3.8) is 0 Å². The van der Waals surface area contributed by atoms with E-state index in [1.54, 1.807) is 0 Å². The van der Waals surface area contributed by atoms with E-state index in [0.717, 1.165) is 0 Å². The van der Waals surface area contributed by atoms with Crippen LogP contribution in [0.2, 0.25) is 0 Å². The van der Waals surface area contributed by atoms with Gasteiger partial charge < -0.3 is 5.32 Å². The average Bonchev–Trinajstić information content (AvgIpc) is 2.21. The highest BCUT2D eigenvalue weighted by molar-refractivity contribution is 5.90. The van der Waals surface area contributed by atoms with E-state index < -0.39 is 33.8 Å². The zero-order valence-corrected chi connectivity index (χ0v) is 8.29. The van der Waals surface area contributed by atoms with Gasteiger partial charge in [0, 0.05) is 18.6 Å². The molecule has 1 rings (SSSR count). The Labute approximate surface area is 89.2 Å². The van der Waals surface area contributed by atoms with E-state index in [2.05, 4.69) is 5.32 Å². The SMILES string of the molecule is CCC(=O)Nc1cc([N+](=O)[O-])c(F)cc1F. The number of nitro benzene ring substituents is 1. The van der Waals surface area contributed by atoms with E-state index in [1.807, 2.05) is 0 Å². The number of carbonyl (C=O) groups excluding carboxylic acids is 1. The first-order valence-corrected chi connectivity index (χ1v) is 4.39. The van der Waals surface area contributed by atoms with Crippen LogP contribution in [-0.2, 0) is 4.79 Å². The largest absolute Gasteiger partial charge is 0.323 e. The van der Waals surface area contributed by atoms with E-state index in [4.69, 9.17) is 0 Å². The van der Waals surface area contributed by atoms with Crippen molar-refractivity contribution in [2.45, 2.75) is 13.3 Å². The smallest absolute Gasteiger partial charge is 0.307 e.